The summed E-state index contributed by atoms with van der Waals surface area (Å²) in [7, 11) is 0. The molecule has 2 N–H and O–H groups in total. The van der Waals surface area contributed by atoms with Gasteiger partial charge in [0, 0.05) is 0 Å². The Morgan fingerprint density at radius 1 is 1.70 bits per heavy atom. The Balaban J connectivity index is 2.97. The molecular formula is C6H9BrN2O. The number of aryl methyl sites for hydroxylation is 1. The molecule has 0 unspecified atom stereocenters. The SMILES string of the molecule is CCc1noc(CN)c1Br. The number of halogens is 1. The van der Waals surface area contributed by atoms with Gasteiger partial charge in [-0.1, -0.05) is 12.1 Å². The van der Waals surface area contributed by atoms with Gasteiger partial charge in [-0.25, -0.2) is 0 Å². The monoisotopic (exact) mass is 204 g/mol. The average molecular weight is 205 g/mol. The van der Waals surface area contributed by atoms with Crippen LogP contribution in [0.4, 0.5) is 0 Å². The van der Waals surface area contributed by atoms with Crippen molar-refractivity contribution in [2.45, 2.75) is 19.9 Å². The molecule has 10 heavy (non-hydrogen) atoms. The highest BCUT2D eigenvalue weighted by molar-refractivity contribution is 9.10. The van der Waals surface area contributed by atoms with Gasteiger partial charge in [-0.05, 0) is 22.4 Å². The van der Waals surface area contributed by atoms with E-state index in [0.29, 0.717) is 6.54 Å². The van der Waals surface area contributed by atoms with Crippen LogP contribution in [0, 0.1) is 0 Å². The standard InChI is InChI=1S/C6H9BrN2O/c1-2-4-6(7)5(3-8)10-9-4/h2-3,8H2,1H3. The molecule has 1 heterocycles. The summed E-state index contributed by atoms with van der Waals surface area (Å²) in [6, 6.07) is 0. The molecule has 0 aliphatic heterocycles. The van der Waals surface area contributed by atoms with Crippen molar-refractivity contribution in [1.29, 1.82) is 0 Å². The summed E-state index contributed by atoms with van der Waals surface area (Å²) in [4.78, 5) is 0. The van der Waals surface area contributed by atoms with Crippen LogP contribution in [0.3, 0.4) is 0 Å². The third-order valence-corrected chi connectivity index (χ3v) is 2.18. The minimum atomic E-state index is 0.396. The molecule has 1 rings (SSSR count). The lowest BCUT2D eigenvalue weighted by atomic mass is 10.3. The van der Waals surface area contributed by atoms with Crippen molar-refractivity contribution in [3.05, 3.63) is 15.9 Å². The third-order valence-electron chi connectivity index (χ3n) is 1.28. The van der Waals surface area contributed by atoms with Gasteiger partial charge in [-0.3, -0.25) is 0 Å². The minimum absolute atomic E-state index is 0.396. The lowest BCUT2D eigenvalue weighted by molar-refractivity contribution is 0.378. The van der Waals surface area contributed by atoms with Crippen molar-refractivity contribution in [2.24, 2.45) is 5.73 Å². The number of rotatable bonds is 2. The molecule has 0 spiro atoms. The molecular weight excluding hydrogens is 196 g/mol. The second-order valence-corrected chi connectivity index (χ2v) is 2.72. The Labute approximate surface area is 67.7 Å². The summed E-state index contributed by atoms with van der Waals surface area (Å²) in [5.41, 5.74) is 6.29. The molecule has 56 valence electrons. The van der Waals surface area contributed by atoms with Crippen LogP contribution in [0.25, 0.3) is 0 Å². The maximum Gasteiger partial charge on any atom is 0.164 e. The van der Waals surface area contributed by atoms with Crippen LogP contribution in [0.5, 0.6) is 0 Å². The van der Waals surface area contributed by atoms with Crippen LogP contribution in [-0.2, 0) is 13.0 Å². The molecule has 0 atom stereocenters. The van der Waals surface area contributed by atoms with Crippen LogP contribution >= 0.6 is 15.9 Å². The predicted molar refractivity (Wildman–Crippen MR) is 41.5 cm³/mol. The predicted octanol–water partition coefficient (Wildman–Crippen LogP) is 1.46. The maximum atomic E-state index is 5.35. The van der Waals surface area contributed by atoms with Gasteiger partial charge in [0.1, 0.15) is 0 Å². The number of nitrogens with two attached hydrogens (primary N) is 1. The molecule has 1 aromatic rings. The van der Waals surface area contributed by atoms with Crippen molar-refractivity contribution in [1.82, 2.24) is 5.16 Å². The molecule has 0 amide bonds. The highest BCUT2D eigenvalue weighted by atomic mass is 79.9. The molecule has 0 fully saturated rings. The van der Waals surface area contributed by atoms with Crippen molar-refractivity contribution >= 4 is 15.9 Å². The Hall–Kier alpha value is -0.350. The van der Waals surface area contributed by atoms with Crippen molar-refractivity contribution in [3.63, 3.8) is 0 Å². The average Bonchev–Trinajstić information content (AvgIpc) is 2.30. The second-order valence-electron chi connectivity index (χ2n) is 1.92. The molecule has 0 aliphatic rings. The zero-order valence-electron chi connectivity index (χ0n) is 5.72. The van der Waals surface area contributed by atoms with Crippen LogP contribution in [0.15, 0.2) is 9.00 Å². The first-order chi connectivity index (χ1) is 4.79. The third kappa shape index (κ3) is 1.22. The van der Waals surface area contributed by atoms with Crippen LogP contribution in [-0.4, -0.2) is 5.16 Å². The lowest BCUT2D eigenvalue weighted by Crippen LogP contribution is -1.94. The highest BCUT2D eigenvalue weighted by Crippen LogP contribution is 2.20. The fourth-order valence-electron chi connectivity index (χ4n) is 0.698. The van der Waals surface area contributed by atoms with Gasteiger partial charge in [0.25, 0.3) is 0 Å². The fourth-order valence-corrected chi connectivity index (χ4v) is 1.28. The molecule has 3 nitrogen and oxygen atoms in total. The van der Waals surface area contributed by atoms with Crippen molar-refractivity contribution in [3.8, 4) is 0 Å². The molecule has 0 aliphatic carbocycles. The van der Waals surface area contributed by atoms with Gasteiger partial charge in [0.05, 0.1) is 16.7 Å². The molecule has 1 aromatic heterocycles. The van der Waals surface area contributed by atoms with Crippen LogP contribution < -0.4 is 5.73 Å². The van der Waals surface area contributed by atoms with Crippen molar-refractivity contribution < 1.29 is 4.52 Å². The number of aromatic nitrogens is 1. The number of nitrogens with zero attached hydrogens (tertiary/aromatic N) is 1. The van der Waals surface area contributed by atoms with E-state index in [2.05, 4.69) is 21.1 Å². The van der Waals surface area contributed by atoms with E-state index in [9.17, 15) is 0 Å². The minimum Gasteiger partial charge on any atom is -0.359 e. The summed E-state index contributed by atoms with van der Waals surface area (Å²) in [5, 5.41) is 3.80. The summed E-state index contributed by atoms with van der Waals surface area (Å²) in [6.07, 6.45) is 0.865. The van der Waals surface area contributed by atoms with E-state index in [1.807, 2.05) is 6.92 Å². The van der Waals surface area contributed by atoms with Gasteiger partial charge >= 0.3 is 0 Å². The van der Waals surface area contributed by atoms with Crippen LogP contribution in [0.1, 0.15) is 18.4 Å². The van der Waals surface area contributed by atoms with E-state index in [-0.39, 0.29) is 0 Å². The van der Waals surface area contributed by atoms with E-state index in [1.165, 1.54) is 0 Å². The van der Waals surface area contributed by atoms with Crippen molar-refractivity contribution in [2.75, 3.05) is 0 Å². The van der Waals surface area contributed by atoms with E-state index in [4.69, 9.17) is 10.3 Å². The first kappa shape index (κ1) is 7.75. The summed E-state index contributed by atoms with van der Waals surface area (Å²) < 4.78 is 5.83. The van der Waals surface area contributed by atoms with Gasteiger partial charge in [0.2, 0.25) is 0 Å². The zero-order valence-corrected chi connectivity index (χ0v) is 7.31. The smallest absolute Gasteiger partial charge is 0.164 e. The Kier molecular flexibility index (Phi) is 2.45. The van der Waals surface area contributed by atoms with Gasteiger partial charge in [0.15, 0.2) is 5.76 Å². The molecule has 0 aromatic carbocycles. The lowest BCUT2D eigenvalue weighted by Gasteiger charge is -1.87. The molecule has 0 radical (unpaired) electrons. The molecule has 0 saturated heterocycles. The Morgan fingerprint density at radius 2 is 2.40 bits per heavy atom. The topological polar surface area (TPSA) is 52.0 Å². The largest absolute Gasteiger partial charge is 0.359 e. The van der Waals surface area contributed by atoms with Gasteiger partial charge < -0.3 is 10.3 Å². The zero-order chi connectivity index (χ0) is 7.56. The first-order valence-corrected chi connectivity index (χ1v) is 3.91. The fraction of sp³-hybridized carbons (Fsp3) is 0.500. The molecule has 0 saturated carbocycles. The summed E-state index contributed by atoms with van der Waals surface area (Å²) in [5.74, 6) is 0.719. The Morgan fingerprint density at radius 3 is 2.70 bits per heavy atom. The summed E-state index contributed by atoms with van der Waals surface area (Å²) in [6.45, 7) is 2.41. The van der Waals surface area contributed by atoms with Crippen LogP contribution in [0.2, 0.25) is 0 Å². The van der Waals surface area contributed by atoms with E-state index < -0.39 is 0 Å². The van der Waals surface area contributed by atoms with Gasteiger partial charge in [-0.15, -0.1) is 0 Å². The summed E-state index contributed by atoms with van der Waals surface area (Å²) >= 11 is 3.34. The second kappa shape index (κ2) is 3.16. The van der Waals surface area contributed by atoms with E-state index in [1.54, 1.807) is 0 Å². The first-order valence-electron chi connectivity index (χ1n) is 3.12. The molecule has 0 bridgehead atoms. The van der Waals surface area contributed by atoms with E-state index >= 15 is 0 Å². The van der Waals surface area contributed by atoms with Gasteiger partial charge in [-0.2, -0.15) is 0 Å². The quantitative estimate of drug-likeness (QED) is 0.794. The maximum absolute atomic E-state index is 5.35. The molecule has 4 heteroatoms. The highest BCUT2D eigenvalue weighted by Gasteiger charge is 2.08. The number of hydrogen-bond donors (Lipinski definition) is 1. The normalized spacial score (nSPS) is 10.3. The number of hydrogen-bond acceptors (Lipinski definition) is 3. The Bertz CT molecular complexity index is 200. The van der Waals surface area contributed by atoms with E-state index in [0.717, 1.165) is 22.3 Å².